The molecule has 0 bridgehead atoms. The third-order valence-electron chi connectivity index (χ3n) is 4.01. The molecule has 1 atom stereocenters. The molecule has 1 amide bonds. The number of hydrogen-bond donors (Lipinski definition) is 3. The second kappa shape index (κ2) is 5.70. The van der Waals surface area contributed by atoms with Gasteiger partial charge in [0.15, 0.2) is 0 Å². The van der Waals surface area contributed by atoms with Gasteiger partial charge in [0.05, 0.1) is 6.04 Å². The van der Waals surface area contributed by atoms with Crippen LogP contribution in [-0.2, 0) is 12.6 Å². The van der Waals surface area contributed by atoms with Crippen molar-refractivity contribution in [1.29, 1.82) is 0 Å². The van der Waals surface area contributed by atoms with Gasteiger partial charge in [0.2, 0.25) is 0 Å². The molecule has 1 aromatic heterocycles. The first-order chi connectivity index (χ1) is 11.3. The molecule has 0 fully saturated rings. The van der Waals surface area contributed by atoms with Crippen molar-refractivity contribution in [2.24, 2.45) is 0 Å². The Hall–Kier alpha value is -2.77. The third kappa shape index (κ3) is 2.86. The quantitative estimate of drug-likeness (QED) is 0.787. The van der Waals surface area contributed by atoms with Crippen LogP contribution in [0.25, 0.3) is 0 Å². The van der Waals surface area contributed by atoms with Gasteiger partial charge in [0, 0.05) is 0 Å². The number of rotatable bonds is 2. The van der Waals surface area contributed by atoms with Gasteiger partial charge in [0.1, 0.15) is 17.0 Å². The van der Waals surface area contributed by atoms with Crippen molar-refractivity contribution in [2.75, 3.05) is 0 Å². The lowest BCUT2D eigenvalue weighted by atomic mass is 10.1. The van der Waals surface area contributed by atoms with Crippen molar-refractivity contribution in [3.63, 3.8) is 0 Å². The predicted molar refractivity (Wildman–Crippen MR) is 78.7 cm³/mol. The maximum Gasteiger partial charge on any atom is 0.431 e. The number of phenolic OH excluding ortho intramolecular Hbond substituents is 1. The second-order valence-electron chi connectivity index (χ2n) is 5.52. The number of carbonyl (C=O) groups excluding carboxylic acids is 1. The summed E-state index contributed by atoms with van der Waals surface area (Å²) in [5.41, 5.74) is -1.23. The number of fused-ring (bicyclic) bond motifs is 1. The monoisotopic (exact) mass is 338 g/mol. The van der Waals surface area contributed by atoms with E-state index in [0.29, 0.717) is 18.9 Å². The Morgan fingerprint density at radius 3 is 2.67 bits per heavy atom. The normalized spacial score (nSPS) is 16.7. The number of benzene rings is 1. The predicted octanol–water partition coefficient (Wildman–Crippen LogP) is 2.52. The highest BCUT2D eigenvalue weighted by Crippen LogP contribution is 2.36. The molecule has 0 aliphatic heterocycles. The summed E-state index contributed by atoms with van der Waals surface area (Å²) in [6.45, 7) is 0. The van der Waals surface area contributed by atoms with Crippen LogP contribution < -0.4 is 10.9 Å². The summed E-state index contributed by atoms with van der Waals surface area (Å²) in [7, 11) is 0. The van der Waals surface area contributed by atoms with Crippen LogP contribution in [0.5, 0.6) is 5.75 Å². The summed E-state index contributed by atoms with van der Waals surface area (Å²) in [5, 5.41) is 12.4. The first kappa shape index (κ1) is 16.1. The summed E-state index contributed by atoms with van der Waals surface area (Å²) in [6.07, 6.45) is -3.58. The van der Waals surface area contributed by atoms with Gasteiger partial charge in [-0.1, -0.05) is 12.1 Å². The number of aromatic nitrogens is 1. The topological polar surface area (TPSA) is 82.2 Å². The smallest absolute Gasteiger partial charge is 0.431 e. The summed E-state index contributed by atoms with van der Waals surface area (Å²) in [5.74, 6) is -0.622. The van der Waals surface area contributed by atoms with E-state index in [4.69, 9.17) is 0 Å². The molecule has 24 heavy (non-hydrogen) atoms. The molecular formula is C16H13F3N2O3. The van der Waals surface area contributed by atoms with Crippen LogP contribution >= 0.6 is 0 Å². The molecule has 2 aromatic rings. The van der Waals surface area contributed by atoms with Crippen molar-refractivity contribution >= 4 is 5.91 Å². The molecule has 8 heteroatoms. The molecule has 0 saturated heterocycles. The molecule has 1 aliphatic carbocycles. The molecule has 1 aliphatic rings. The van der Waals surface area contributed by atoms with Gasteiger partial charge in [-0.15, -0.1) is 0 Å². The van der Waals surface area contributed by atoms with Crippen LogP contribution in [-0.4, -0.2) is 16.0 Å². The summed E-state index contributed by atoms with van der Waals surface area (Å²) < 4.78 is 37.6. The number of amides is 1. The number of aromatic hydroxyl groups is 1. The highest BCUT2D eigenvalue weighted by atomic mass is 19.4. The summed E-state index contributed by atoms with van der Waals surface area (Å²) in [4.78, 5) is 25.6. The lowest BCUT2D eigenvalue weighted by Crippen LogP contribution is -2.32. The van der Waals surface area contributed by atoms with E-state index >= 15 is 0 Å². The molecule has 0 saturated carbocycles. The highest BCUT2D eigenvalue weighted by Gasteiger charge is 2.33. The van der Waals surface area contributed by atoms with Crippen LogP contribution in [0, 0.1) is 0 Å². The Labute approximate surface area is 134 Å². The minimum absolute atomic E-state index is 0.136. The number of pyridine rings is 1. The average molecular weight is 338 g/mol. The molecule has 0 spiro atoms. The van der Waals surface area contributed by atoms with E-state index in [1.807, 2.05) is 0 Å². The van der Waals surface area contributed by atoms with Crippen LogP contribution in [0.1, 0.15) is 39.6 Å². The third-order valence-corrected chi connectivity index (χ3v) is 4.01. The molecule has 126 valence electrons. The summed E-state index contributed by atoms with van der Waals surface area (Å²) in [6, 6.07) is 6.05. The Morgan fingerprint density at radius 1 is 1.25 bits per heavy atom. The molecule has 1 heterocycles. The Kier molecular flexibility index (Phi) is 3.82. The van der Waals surface area contributed by atoms with E-state index < -0.39 is 34.9 Å². The van der Waals surface area contributed by atoms with E-state index in [0.717, 1.165) is 17.2 Å². The SMILES string of the molecule is O=C(N[C@@H]1CCc2c(O)cccc21)c1ccc(C(F)(F)F)[nH]c1=O. The van der Waals surface area contributed by atoms with Crippen molar-refractivity contribution in [3.05, 3.63) is 63.1 Å². The summed E-state index contributed by atoms with van der Waals surface area (Å²) >= 11 is 0. The molecule has 3 rings (SSSR count). The van der Waals surface area contributed by atoms with Gasteiger partial charge < -0.3 is 15.4 Å². The molecule has 0 unspecified atom stereocenters. The van der Waals surface area contributed by atoms with Crippen LogP contribution in [0.15, 0.2) is 35.1 Å². The van der Waals surface area contributed by atoms with E-state index in [1.165, 1.54) is 0 Å². The van der Waals surface area contributed by atoms with Crippen LogP contribution in [0.4, 0.5) is 13.2 Å². The van der Waals surface area contributed by atoms with E-state index in [2.05, 4.69) is 5.32 Å². The van der Waals surface area contributed by atoms with Crippen molar-refractivity contribution < 1.29 is 23.1 Å². The van der Waals surface area contributed by atoms with E-state index in [9.17, 15) is 27.9 Å². The number of carbonyl (C=O) groups is 1. The maximum absolute atomic E-state index is 12.5. The zero-order valence-electron chi connectivity index (χ0n) is 12.3. The highest BCUT2D eigenvalue weighted by molar-refractivity contribution is 5.94. The first-order valence-corrected chi connectivity index (χ1v) is 7.19. The number of alkyl halides is 3. The number of nitrogens with one attached hydrogen (secondary N) is 2. The fourth-order valence-corrected chi connectivity index (χ4v) is 2.84. The zero-order chi connectivity index (χ0) is 17.5. The maximum atomic E-state index is 12.5. The largest absolute Gasteiger partial charge is 0.508 e. The van der Waals surface area contributed by atoms with E-state index in [1.54, 1.807) is 23.2 Å². The fourth-order valence-electron chi connectivity index (χ4n) is 2.84. The number of H-pyrrole nitrogens is 1. The minimum atomic E-state index is -4.68. The molecule has 0 radical (unpaired) electrons. The Morgan fingerprint density at radius 2 is 2.00 bits per heavy atom. The van der Waals surface area contributed by atoms with Gasteiger partial charge in [0.25, 0.3) is 11.5 Å². The van der Waals surface area contributed by atoms with Gasteiger partial charge >= 0.3 is 6.18 Å². The number of hydrogen-bond acceptors (Lipinski definition) is 3. The van der Waals surface area contributed by atoms with Gasteiger partial charge in [-0.2, -0.15) is 13.2 Å². The van der Waals surface area contributed by atoms with Crippen molar-refractivity contribution in [2.45, 2.75) is 25.1 Å². The number of aromatic amines is 1. The number of halogens is 3. The van der Waals surface area contributed by atoms with Crippen LogP contribution in [0.3, 0.4) is 0 Å². The van der Waals surface area contributed by atoms with Crippen molar-refractivity contribution in [1.82, 2.24) is 10.3 Å². The van der Waals surface area contributed by atoms with Crippen LogP contribution in [0.2, 0.25) is 0 Å². The Bertz CT molecular complexity index is 858. The molecule has 5 nitrogen and oxygen atoms in total. The lowest BCUT2D eigenvalue weighted by molar-refractivity contribution is -0.141. The molecule has 1 aromatic carbocycles. The fraction of sp³-hybridized carbons (Fsp3) is 0.250. The van der Waals surface area contributed by atoms with Gasteiger partial charge in [-0.3, -0.25) is 9.59 Å². The Balaban J connectivity index is 1.83. The van der Waals surface area contributed by atoms with Gasteiger partial charge in [-0.25, -0.2) is 0 Å². The standard InChI is InChI=1S/C16H13F3N2O3/c17-16(18,19)13-7-5-10(15(24)21-13)14(23)20-11-6-4-9-8(11)2-1-3-12(9)22/h1-3,5,7,11,22H,4,6H2,(H,20,23)(H,21,24)/t11-/m1/s1. The number of phenols is 1. The van der Waals surface area contributed by atoms with E-state index in [-0.39, 0.29) is 5.75 Å². The van der Waals surface area contributed by atoms with Crippen molar-refractivity contribution in [3.8, 4) is 5.75 Å². The molecular weight excluding hydrogens is 325 g/mol. The zero-order valence-corrected chi connectivity index (χ0v) is 12.3. The minimum Gasteiger partial charge on any atom is -0.508 e. The average Bonchev–Trinajstić information content (AvgIpc) is 2.90. The first-order valence-electron chi connectivity index (χ1n) is 7.19. The molecule has 3 N–H and O–H groups in total. The second-order valence-corrected chi connectivity index (χ2v) is 5.52. The van der Waals surface area contributed by atoms with Gasteiger partial charge in [-0.05, 0) is 42.2 Å². The lowest BCUT2D eigenvalue weighted by Gasteiger charge is -2.14.